The first-order valence-electron chi connectivity index (χ1n) is 4.91. The molecule has 0 aliphatic rings. The van der Waals surface area contributed by atoms with Gasteiger partial charge in [-0.3, -0.25) is 10.4 Å². The summed E-state index contributed by atoms with van der Waals surface area (Å²) < 4.78 is 10.1. The molecule has 0 aromatic heterocycles. The molecule has 0 radical (unpaired) electrons. The van der Waals surface area contributed by atoms with E-state index in [-0.39, 0.29) is 10.9 Å². The third-order valence-corrected chi connectivity index (χ3v) is 2.37. The molecule has 0 amide bonds. The normalized spacial score (nSPS) is 10.2. The van der Waals surface area contributed by atoms with Crippen LogP contribution in [0.25, 0.3) is 0 Å². The maximum atomic E-state index is 9.13. The molecular formula is C10H16N2O4S. The molecule has 96 valence electrons. The van der Waals surface area contributed by atoms with Crippen molar-refractivity contribution in [3.05, 3.63) is 12.1 Å². The number of nitrogens with zero attached hydrogens (tertiary/aromatic N) is 1. The van der Waals surface area contributed by atoms with Crippen LogP contribution in [0, 0.1) is 0 Å². The van der Waals surface area contributed by atoms with E-state index >= 15 is 0 Å². The van der Waals surface area contributed by atoms with E-state index in [4.69, 9.17) is 19.9 Å². The Morgan fingerprint density at radius 1 is 1.35 bits per heavy atom. The molecule has 1 aromatic rings. The van der Waals surface area contributed by atoms with E-state index in [0.29, 0.717) is 29.5 Å². The number of nitrogens with one attached hydrogen (secondary N) is 1. The van der Waals surface area contributed by atoms with Gasteiger partial charge in [0.25, 0.3) is 0 Å². The monoisotopic (exact) mass is 260 g/mol. The molecular weight excluding hydrogens is 244 g/mol. The minimum absolute atomic E-state index is 0.0252. The van der Waals surface area contributed by atoms with Gasteiger partial charge in [-0.05, 0) is 12.1 Å². The van der Waals surface area contributed by atoms with Crippen molar-refractivity contribution in [3.8, 4) is 5.75 Å². The number of ether oxygens (including phenoxy) is 2. The molecule has 1 rings (SSSR count). The lowest BCUT2D eigenvalue weighted by molar-refractivity contribution is 0.0293. The van der Waals surface area contributed by atoms with Crippen LogP contribution in [0.3, 0.4) is 0 Å². The molecule has 3 N–H and O–H groups in total. The van der Waals surface area contributed by atoms with Gasteiger partial charge in [0.15, 0.2) is 0 Å². The van der Waals surface area contributed by atoms with Crippen molar-refractivity contribution in [2.24, 2.45) is 0 Å². The number of thiol groups is 1. The first kappa shape index (κ1) is 13.9. The zero-order valence-electron chi connectivity index (χ0n) is 9.67. The summed E-state index contributed by atoms with van der Waals surface area (Å²) in [4.78, 5) is 0.558. The SMILES string of the molecule is COCCNc1c(OC)cc(S)cc1N(O)O. The molecule has 0 bridgehead atoms. The Balaban J connectivity index is 3.04. The first-order chi connectivity index (χ1) is 8.10. The van der Waals surface area contributed by atoms with Gasteiger partial charge < -0.3 is 14.8 Å². The predicted molar refractivity (Wildman–Crippen MR) is 66.7 cm³/mol. The van der Waals surface area contributed by atoms with Gasteiger partial charge in [-0.25, -0.2) is 0 Å². The maximum absolute atomic E-state index is 9.13. The highest BCUT2D eigenvalue weighted by Gasteiger charge is 2.14. The van der Waals surface area contributed by atoms with Gasteiger partial charge in [0.05, 0.1) is 13.7 Å². The summed E-state index contributed by atoms with van der Waals surface area (Å²) in [7, 11) is 3.08. The Labute approximate surface area is 105 Å². The van der Waals surface area contributed by atoms with Crippen LogP contribution in [-0.2, 0) is 4.74 Å². The molecule has 0 atom stereocenters. The Kier molecular flexibility index (Phi) is 5.36. The van der Waals surface area contributed by atoms with Gasteiger partial charge in [-0.2, -0.15) is 0 Å². The standard InChI is InChI=1S/C10H16N2O4S/c1-15-4-3-11-10-8(12(13)14)5-7(17)6-9(10)16-2/h5-6,11,13-14,17H,3-4H2,1-2H3. The zero-order chi connectivity index (χ0) is 12.8. The van der Waals surface area contributed by atoms with Crippen LogP contribution in [0.2, 0.25) is 0 Å². The van der Waals surface area contributed by atoms with Crippen LogP contribution < -0.4 is 15.3 Å². The second kappa shape index (κ2) is 6.55. The van der Waals surface area contributed by atoms with Crippen LogP contribution in [0.15, 0.2) is 17.0 Å². The van der Waals surface area contributed by atoms with Gasteiger partial charge in [0.1, 0.15) is 17.1 Å². The summed E-state index contributed by atoms with van der Waals surface area (Å²) in [6.07, 6.45) is 0. The largest absolute Gasteiger partial charge is 0.494 e. The molecule has 0 fully saturated rings. The third kappa shape index (κ3) is 3.67. The molecule has 0 spiro atoms. The summed E-state index contributed by atoms with van der Waals surface area (Å²) in [5.41, 5.74) is 0.623. The van der Waals surface area contributed by atoms with Crippen molar-refractivity contribution in [1.29, 1.82) is 0 Å². The summed E-state index contributed by atoms with van der Waals surface area (Å²) in [6, 6.07) is 3.17. The fourth-order valence-electron chi connectivity index (χ4n) is 1.36. The lowest BCUT2D eigenvalue weighted by Gasteiger charge is -2.18. The average molecular weight is 260 g/mol. The van der Waals surface area contributed by atoms with E-state index < -0.39 is 0 Å². The lowest BCUT2D eigenvalue weighted by Crippen LogP contribution is -2.16. The smallest absolute Gasteiger partial charge is 0.145 e. The summed E-state index contributed by atoms with van der Waals surface area (Å²) in [6.45, 7) is 1.00. The number of hydrogen-bond acceptors (Lipinski definition) is 7. The van der Waals surface area contributed by atoms with Crippen molar-refractivity contribution >= 4 is 24.0 Å². The minimum Gasteiger partial charge on any atom is -0.494 e. The molecule has 6 nitrogen and oxygen atoms in total. The molecule has 0 unspecified atom stereocenters. The second-order valence-corrected chi connectivity index (χ2v) is 3.77. The molecule has 0 aliphatic heterocycles. The fraction of sp³-hybridized carbons (Fsp3) is 0.400. The van der Waals surface area contributed by atoms with E-state index in [1.54, 1.807) is 13.2 Å². The van der Waals surface area contributed by atoms with Crippen LogP contribution in [0.4, 0.5) is 11.4 Å². The molecule has 0 aliphatic carbocycles. The number of rotatable bonds is 6. The first-order valence-corrected chi connectivity index (χ1v) is 5.36. The fourth-order valence-corrected chi connectivity index (χ4v) is 1.60. The number of methoxy groups -OCH3 is 2. The molecule has 1 aromatic carbocycles. The Bertz CT molecular complexity index is 374. The maximum Gasteiger partial charge on any atom is 0.145 e. The quantitative estimate of drug-likeness (QED) is 0.354. The molecule has 0 saturated carbocycles. The molecule has 0 saturated heterocycles. The van der Waals surface area contributed by atoms with Gasteiger partial charge in [0, 0.05) is 18.6 Å². The number of hydrogen-bond donors (Lipinski definition) is 4. The molecule has 7 heteroatoms. The number of benzene rings is 1. The average Bonchev–Trinajstić information content (AvgIpc) is 2.30. The summed E-state index contributed by atoms with van der Waals surface area (Å²) in [5.74, 6) is 0.469. The van der Waals surface area contributed by atoms with Crippen molar-refractivity contribution in [2.45, 2.75) is 4.90 Å². The minimum atomic E-state index is 0.0252. The lowest BCUT2D eigenvalue weighted by atomic mass is 10.2. The topological polar surface area (TPSA) is 74.2 Å². The van der Waals surface area contributed by atoms with E-state index in [0.717, 1.165) is 0 Å². The van der Waals surface area contributed by atoms with Crippen LogP contribution in [0.5, 0.6) is 5.75 Å². The van der Waals surface area contributed by atoms with Gasteiger partial charge in [0.2, 0.25) is 0 Å². The Morgan fingerprint density at radius 2 is 2.06 bits per heavy atom. The molecule has 17 heavy (non-hydrogen) atoms. The van der Waals surface area contributed by atoms with E-state index in [1.165, 1.54) is 13.2 Å². The van der Waals surface area contributed by atoms with Crippen LogP contribution in [0.1, 0.15) is 0 Å². The second-order valence-electron chi connectivity index (χ2n) is 3.25. The predicted octanol–water partition coefficient (Wildman–Crippen LogP) is 1.63. The van der Waals surface area contributed by atoms with Crippen molar-refractivity contribution in [3.63, 3.8) is 0 Å². The van der Waals surface area contributed by atoms with Crippen LogP contribution >= 0.6 is 12.6 Å². The van der Waals surface area contributed by atoms with E-state index in [1.807, 2.05) is 0 Å². The number of anilines is 2. The van der Waals surface area contributed by atoms with Crippen molar-refractivity contribution in [1.82, 2.24) is 0 Å². The highest BCUT2D eigenvalue weighted by molar-refractivity contribution is 7.80. The zero-order valence-corrected chi connectivity index (χ0v) is 10.6. The van der Waals surface area contributed by atoms with E-state index in [9.17, 15) is 0 Å². The van der Waals surface area contributed by atoms with Gasteiger partial charge >= 0.3 is 0 Å². The Morgan fingerprint density at radius 3 is 2.59 bits per heavy atom. The van der Waals surface area contributed by atoms with Crippen molar-refractivity contribution < 1.29 is 19.9 Å². The highest BCUT2D eigenvalue weighted by atomic mass is 32.1. The third-order valence-electron chi connectivity index (χ3n) is 2.11. The van der Waals surface area contributed by atoms with Crippen molar-refractivity contribution in [2.75, 3.05) is 37.9 Å². The van der Waals surface area contributed by atoms with E-state index in [2.05, 4.69) is 17.9 Å². The van der Waals surface area contributed by atoms with Gasteiger partial charge in [-0.1, -0.05) is 0 Å². The van der Waals surface area contributed by atoms with Crippen LogP contribution in [-0.4, -0.2) is 37.8 Å². The van der Waals surface area contributed by atoms with Gasteiger partial charge in [-0.15, -0.1) is 17.9 Å². The highest BCUT2D eigenvalue weighted by Crippen LogP contribution is 2.36. The summed E-state index contributed by atoms with van der Waals surface area (Å²) in [5, 5.41) is 21.3. The Hall–Kier alpha value is -1.15. The molecule has 0 heterocycles. The summed E-state index contributed by atoms with van der Waals surface area (Å²) >= 11 is 4.15.